The first kappa shape index (κ1) is 16.9. The van der Waals surface area contributed by atoms with Crippen molar-refractivity contribution in [3.63, 3.8) is 0 Å². The van der Waals surface area contributed by atoms with Gasteiger partial charge in [0.05, 0.1) is 11.1 Å². The SMILES string of the molecule is O=C(N[C@@H](Cc1ccc(Cl)nc1)C(=O)O)c1ccnc2ccccc12. The second kappa shape index (κ2) is 7.27. The van der Waals surface area contributed by atoms with Gasteiger partial charge in [0.2, 0.25) is 0 Å². The predicted molar refractivity (Wildman–Crippen MR) is 93.6 cm³/mol. The van der Waals surface area contributed by atoms with Gasteiger partial charge in [-0.15, -0.1) is 0 Å². The highest BCUT2D eigenvalue weighted by atomic mass is 35.5. The lowest BCUT2D eigenvalue weighted by atomic mass is 10.1. The van der Waals surface area contributed by atoms with E-state index in [2.05, 4.69) is 15.3 Å². The fraction of sp³-hybridized carbons (Fsp3) is 0.111. The van der Waals surface area contributed by atoms with Crippen LogP contribution in [0.3, 0.4) is 0 Å². The molecule has 0 saturated carbocycles. The molecule has 0 spiro atoms. The fourth-order valence-electron chi connectivity index (χ4n) is 2.49. The Labute approximate surface area is 148 Å². The molecule has 0 aliphatic heterocycles. The maximum atomic E-state index is 12.6. The maximum absolute atomic E-state index is 12.6. The minimum atomic E-state index is -1.12. The molecule has 1 aromatic carbocycles. The molecule has 2 heterocycles. The summed E-state index contributed by atoms with van der Waals surface area (Å²) in [5, 5.41) is 13.0. The zero-order valence-electron chi connectivity index (χ0n) is 13.0. The van der Waals surface area contributed by atoms with Crippen molar-refractivity contribution in [3.8, 4) is 0 Å². The minimum absolute atomic E-state index is 0.105. The van der Waals surface area contributed by atoms with Gasteiger partial charge in [0.1, 0.15) is 11.2 Å². The number of rotatable bonds is 5. The largest absolute Gasteiger partial charge is 0.480 e. The van der Waals surface area contributed by atoms with E-state index >= 15 is 0 Å². The molecule has 1 atom stereocenters. The van der Waals surface area contributed by atoms with Crippen molar-refractivity contribution in [1.29, 1.82) is 0 Å². The van der Waals surface area contributed by atoms with Crippen LogP contribution in [0, 0.1) is 0 Å². The Morgan fingerprint density at radius 3 is 2.64 bits per heavy atom. The molecular weight excluding hydrogens is 342 g/mol. The number of para-hydroxylation sites is 1. The number of pyridine rings is 2. The van der Waals surface area contributed by atoms with Gasteiger partial charge in [-0.25, -0.2) is 9.78 Å². The summed E-state index contributed by atoms with van der Waals surface area (Å²) >= 11 is 5.73. The zero-order chi connectivity index (χ0) is 17.8. The third kappa shape index (κ3) is 3.92. The fourth-order valence-corrected chi connectivity index (χ4v) is 2.60. The predicted octanol–water partition coefficient (Wildman–Crippen LogP) is 2.71. The molecule has 0 aliphatic carbocycles. The molecule has 7 heteroatoms. The van der Waals surface area contributed by atoms with Crippen LogP contribution in [0.25, 0.3) is 10.9 Å². The number of halogens is 1. The van der Waals surface area contributed by atoms with Gasteiger partial charge in [0, 0.05) is 24.2 Å². The molecule has 6 nitrogen and oxygen atoms in total. The number of carbonyl (C=O) groups excluding carboxylic acids is 1. The number of aromatic nitrogens is 2. The van der Waals surface area contributed by atoms with E-state index in [0.717, 1.165) is 0 Å². The molecule has 1 amide bonds. The number of benzene rings is 1. The first-order chi connectivity index (χ1) is 12.0. The Morgan fingerprint density at radius 2 is 1.92 bits per heavy atom. The summed E-state index contributed by atoms with van der Waals surface area (Å²) in [7, 11) is 0. The van der Waals surface area contributed by atoms with Crippen molar-refractivity contribution in [3.05, 3.63) is 71.1 Å². The van der Waals surface area contributed by atoms with Crippen LogP contribution >= 0.6 is 11.6 Å². The van der Waals surface area contributed by atoms with Crippen molar-refractivity contribution in [2.75, 3.05) is 0 Å². The van der Waals surface area contributed by atoms with Gasteiger partial charge < -0.3 is 10.4 Å². The topological polar surface area (TPSA) is 92.2 Å². The number of amides is 1. The van der Waals surface area contributed by atoms with Crippen LogP contribution in [0.2, 0.25) is 5.15 Å². The average molecular weight is 356 g/mol. The van der Waals surface area contributed by atoms with Crippen LogP contribution in [0.4, 0.5) is 0 Å². The van der Waals surface area contributed by atoms with Crippen LogP contribution < -0.4 is 5.32 Å². The Kier molecular flexibility index (Phi) is 4.90. The molecule has 0 saturated heterocycles. The Morgan fingerprint density at radius 1 is 1.12 bits per heavy atom. The Balaban J connectivity index is 1.83. The number of fused-ring (bicyclic) bond motifs is 1. The number of carbonyl (C=O) groups is 2. The molecule has 0 fully saturated rings. The standard InChI is InChI=1S/C18H14ClN3O3/c19-16-6-5-11(10-21-16)9-15(18(24)25)22-17(23)13-7-8-20-14-4-2-1-3-12(13)14/h1-8,10,15H,9H2,(H,22,23)(H,24,25)/t15-/m0/s1. The highest BCUT2D eigenvalue weighted by molar-refractivity contribution is 6.29. The molecule has 2 N–H and O–H groups in total. The molecule has 2 aromatic heterocycles. The molecule has 0 radical (unpaired) electrons. The van der Waals surface area contributed by atoms with Crippen molar-refractivity contribution >= 4 is 34.4 Å². The lowest BCUT2D eigenvalue weighted by molar-refractivity contribution is -0.139. The maximum Gasteiger partial charge on any atom is 0.326 e. The van der Waals surface area contributed by atoms with Crippen LogP contribution in [-0.4, -0.2) is 33.0 Å². The van der Waals surface area contributed by atoms with Crippen LogP contribution in [0.15, 0.2) is 54.9 Å². The zero-order valence-corrected chi connectivity index (χ0v) is 13.8. The van der Waals surface area contributed by atoms with Gasteiger partial charge >= 0.3 is 5.97 Å². The third-order valence-electron chi connectivity index (χ3n) is 3.73. The number of nitrogens with zero attached hydrogens (tertiary/aromatic N) is 2. The van der Waals surface area contributed by atoms with E-state index in [1.165, 1.54) is 12.4 Å². The first-order valence-corrected chi connectivity index (χ1v) is 7.90. The summed E-state index contributed by atoms with van der Waals surface area (Å²) in [6, 6.07) is 10.9. The summed E-state index contributed by atoms with van der Waals surface area (Å²) < 4.78 is 0. The van der Waals surface area contributed by atoms with E-state index in [1.807, 2.05) is 6.07 Å². The second-order valence-corrected chi connectivity index (χ2v) is 5.82. The number of carboxylic acid groups (broad SMARTS) is 1. The van der Waals surface area contributed by atoms with E-state index in [0.29, 0.717) is 27.2 Å². The van der Waals surface area contributed by atoms with Gasteiger partial charge in [0.25, 0.3) is 5.91 Å². The third-order valence-corrected chi connectivity index (χ3v) is 3.95. The average Bonchev–Trinajstić information content (AvgIpc) is 2.62. The van der Waals surface area contributed by atoms with Gasteiger partial charge in [-0.1, -0.05) is 35.9 Å². The summed E-state index contributed by atoms with van der Waals surface area (Å²) in [4.78, 5) is 32.2. The highest BCUT2D eigenvalue weighted by Crippen LogP contribution is 2.16. The van der Waals surface area contributed by atoms with E-state index < -0.39 is 17.9 Å². The summed E-state index contributed by atoms with van der Waals surface area (Å²) in [6.45, 7) is 0. The molecule has 0 unspecified atom stereocenters. The van der Waals surface area contributed by atoms with Crippen molar-refractivity contribution in [1.82, 2.24) is 15.3 Å². The molecule has 0 aliphatic rings. The molecule has 3 rings (SSSR count). The van der Waals surface area contributed by atoms with E-state index in [1.54, 1.807) is 36.4 Å². The van der Waals surface area contributed by atoms with Gasteiger partial charge in [-0.2, -0.15) is 0 Å². The van der Waals surface area contributed by atoms with Gasteiger partial charge in [0.15, 0.2) is 0 Å². The molecule has 0 bridgehead atoms. The monoisotopic (exact) mass is 355 g/mol. The van der Waals surface area contributed by atoms with E-state index in [-0.39, 0.29) is 6.42 Å². The Bertz CT molecular complexity index is 923. The molecule has 126 valence electrons. The quantitative estimate of drug-likeness (QED) is 0.686. The van der Waals surface area contributed by atoms with Crippen LogP contribution in [-0.2, 0) is 11.2 Å². The Hall–Kier alpha value is -2.99. The number of hydrogen-bond donors (Lipinski definition) is 2. The number of hydrogen-bond acceptors (Lipinski definition) is 4. The van der Waals surface area contributed by atoms with Gasteiger partial charge in [-0.3, -0.25) is 9.78 Å². The van der Waals surface area contributed by atoms with E-state index in [4.69, 9.17) is 11.6 Å². The summed E-state index contributed by atoms with van der Waals surface area (Å²) in [6.07, 6.45) is 3.12. The lowest BCUT2D eigenvalue weighted by Gasteiger charge is -2.15. The normalized spacial score (nSPS) is 11.9. The van der Waals surface area contributed by atoms with Crippen LogP contribution in [0.1, 0.15) is 15.9 Å². The number of nitrogens with one attached hydrogen (secondary N) is 1. The first-order valence-electron chi connectivity index (χ1n) is 7.52. The number of carboxylic acids is 1. The highest BCUT2D eigenvalue weighted by Gasteiger charge is 2.22. The number of aliphatic carboxylic acids is 1. The lowest BCUT2D eigenvalue weighted by Crippen LogP contribution is -2.42. The van der Waals surface area contributed by atoms with Crippen molar-refractivity contribution in [2.45, 2.75) is 12.5 Å². The summed E-state index contributed by atoms with van der Waals surface area (Å²) in [5.41, 5.74) is 1.71. The van der Waals surface area contributed by atoms with Gasteiger partial charge in [-0.05, 0) is 23.8 Å². The van der Waals surface area contributed by atoms with E-state index in [9.17, 15) is 14.7 Å². The smallest absolute Gasteiger partial charge is 0.326 e. The minimum Gasteiger partial charge on any atom is -0.480 e. The summed E-state index contributed by atoms with van der Waals surface area (Å²) in [5.74, 6) is -1.59. The molecule has 3 aromatic rings. The molecular formula is C18H14ClN3O3. The van der Waals surface area contributed by atoms with Crippen molar-refractivity contribution in [2.24, 2.45) is 0 Å². The second-order valence-electron chi connectivity index (χ2n) is 5.43. The van der Waals surface area contributed by atoms with Crippen LogP contribution in [0.5, 0.6) is 0 Å². The van der Waals surface area contributed by atoms with Crippen molar-refractivity contribution < 1.29 is 14.7 Å². The molecule has 25 heavy (non-hydrogen) atoms.